The topological polar surface area (TPSA) is 69.4 Å². The van der Waals surface area contributed by atoms with E-state index in [0.717, 1.165) is 25.7 Å². The van der Waals surface area contributed by atoms with Crippen LogP contribution in [0.4, 0.5) is 0 Å². The second-order valence-electron chi connectivity index (χ2n) is 3.94. The summed E-state index contributed by atoms with van der Waals surface area (Å²) in [7, 11) is 1.41. The van der Waals surface area contributed by atoms with Gasteiger partial charge in [-0.05, 0) is 31.6 Å². The van der Waals surface area contributed by atoms with Crippen LogP contribution < -0.4 is 5.73 Å². The molecule has 1 saturated carbocycles. The first-order valence-corrected chi connectivity index (χ1v) is 5.99. The largest absolute Gasteiger partial charge is 0.469 e. The molecule has 0 saturated heterocycles. The van der Waals surface area contributed by atoms with Gasteiger partial charge in [0.05, 0.1) is 17.9 Å². The molecule has 1 amide bonds. The Labute approximate surface area is 97.7 Å². The number of nitrogens with two attached hydrogens (primary N) is 1. The van der Waals surface area contributed by atoms with E-state index in [1.165, 1.54) is 7.11 Å². The Morgan fingerprint density at radius 3 is 2.27 bits per heavy atom. The standard InChI is InChI=1S/C10H16BrNO3/c1-15-10(14)7-4-2-6(3-5-7)8(11)9(12)13/h6-8H,2-5H2,1H3,(H2,12,13). The summed E-state index contributed by atoms with van der Waals surface area (Å²) in [4.78, 5) is 21.9. The van der Waals surface area contributed by atoms with Crippen LogP contribution >= 0.6 is 15.9 Å². The maximum absolute atomic E-state index is 11.3. The lowest BCUT2D eigenvalue weighted by molar-refractivity contribution is -0.146. The van der Waals surface area contributed by atoms with E-state index in [1.807, 2.05) is 0 Å². The highest BCUT2D eigenvalue weighted by Crippen LogP contribution is 2.33. The molecule has 1 aliphatic carbocycles. The van der Waals surface area contributed by atoms with Crippen LogP contribution in [0.3, 0.4) is 0 Å². The van der Waals surface area contributed by atoms with Crippen molar-refractivity contribution in [3.05, 3.63) is 0 Å². The maximum Gasteiger partial charge on any atom is 0.308 e. The van der Waals surface area contributed by atoms with Gasteiger partial charge < -0.3 is 10.5 Å². The Hall–Kier alpha value is -0.580. The van der Waals surface area contributed by atoms with Crippen molar-refractivity contribution in [2.45, 2.75) is 30.5 Å². The van der Waals surface area contributed by atoms with Crippen molar-refractivity contribution in [3.63, 3.8) is 0 Å². The zero-order valence-corrected chi connectivity index (χ0v) is 10.3. The third kappa shape index (κ3) is 3.19. The highest BCUT2D eigenvalue weighted by atomic mass is 79.9. The summed E-state index contributed by atoms with van der Waals surface area (Å²) in [5, 5.41) is 0. The van der Waals surface area contributed by atoms with Gasteiger partial charge in [0.15, 0.2) is 0 Å². The Morgan fingerprint density at radius 1 is 1.33 bits per heavy atom. The molecule has 0 aromatic rings. The molecule has 0 bridgehead atoms. The van der Waals surface area contributed by atoms with Crippen molar-refractivity contribution in [3.8, 4) is 0 Å². The van der Waals surface area contributed by atoms with E-state index in [0.29, 0.717) is 0 Å². The molecule has 0 radical (unpaired) electrons. The van der Waals surface area contributed by atoms with Gasteiger partial charge in [-0.15, -0.1) is 0 Å². The van der Waals surface area contributed by atoms with Gasteiger partial charge in [0.1, 0.15) is 0 Å². The number of esters is 1. The molecule has 86 valence electrons. The fourth-order valence-corrected chi connectivity index (χ4v) is 2.58. The van der Waals surface area contributed by atoms with Crippen LogP contribution in [0.1, 0.15) is 25.7 Å². The minimum absolute atomic E-state index is 0.00109. The molecule has 1 atom stereocenters. The smallest absolute Gasteiger partial charge is 0.308 e. The number of hydrogen-bond donors (Lipinski definition) is 1. The quantitative estimate of drug-likeness (QED) is 0.623. The number of primary amides is 1. The number of methoxy groups -OCH3 is 1. The zero-order chi connectivity index (χ0) is 11.4. The number of carbonyl (C=O) groups excluding carboxylic acids is 2. The SMILES string of the molecule is COC(=O)C1CCC(C(Br)C(N)=O)CC1. The number of halogens is 1. The third-order valence-electron chi connectivity index (χ3n) is 2.99. The summed E-state index contributed by atoms with van der Waals surface area (Å²) in [6.07, 6.45) is 3.26. The summed E-state index contributed by atoms with van der Waals surface area (Å²) < 4.78 is 4.69. The van der Waals surface area contributed by atoms with Crippen LogP contribution in [-0.4, -0.2) is 23.8 Å². The molecule has 0 spiro atoms. The molecule has 1 aliphatic rings. The van der Waals surface area contributed by atoms with Gasteiger partial charge >= 0.3 is 5.97 Å². The average molecular weight is 278 g/mol. The molecule has 2 N–H and O–H groups in total. The summed E-state index contributed by atoms with van der Waals surface area (Å²) in [5.74, 6) is -0.211. The first kappa shape index (κ1) is 12.5. The lowest BCUT2D eigenvalue weighted by atomic mass is 9.80. The summed E-state index contributed by atoms with van der Waals surface area (Å²) in [5.41, 5.74) is 5.21. The second kappa shape index (κ2) is 5.49. The minimum Gasteiger partial charge on any atom is -0.469 e. The first-order chi connectivity index (χ1) is 7.06. The Bertz CT molecular complexity index is 249. The van der Waals surface area contributed by atoms with Gasteiger partial charge in [-0.25, -0.2) is 0 Å². The van der Waals surface area contributed by atoms with E-state index in [2.05, 4.69) is 15.9 Å². The van der Waals surface area contributed by atoms with Gasteiger partial charge in [-0.1, -0.05) is 15.9 Å². The second-order valence-corrected chi connectivity index (χ2v) is 4.93. The van der Waals surface area contributed by atoms with Crippen molar-refractivity contribution in [2.75, 3.05) is 7.11 Å². The van der Waals surface area contributed by atoms with Crippen LogP contribution in [0.2, 0.25) is 0 Å². The monoisotopic (exact) mass is 277 g/mol. The van der Waals surface area contributed by atoms with E-state index in [4.69, 9.17) is 10.5 Å². The number of hydrogen-bond acceptors (Lipinski definition) is 3. The van der Waals surface area contributed by atoms with Crippen molar-refractivity contribution in [2.24, 2.45) is 17.6 Å². The predicted molar refractivity (Wildman–Crippen MR) is 59.4 cm³/mol. The Morgan fingerprint density at radius 2 is 1.87 bits per heavy atom. The van der Waals surface area contributed by atoms with Crippen LogP contribution in [-0.2, 0) is 14.3 Å². The molecule has 0 aromatic heterocycles. The summed E-state index contributed by atoms with van der Waals surface area (Å²) >= 11 is 3.29. The highest BCUT2D eigenvalue weighted by molar-refractivity contribution is 9.10. The molecule has 4 nitrogen and oxygen atoms in total. The molecule has 0 aromatic carbocycles. The van der Waals surface area contributed by atoms with Crippen molar-refractivity contribution in [1.29, 1.82) is 0 Å². The van der Waals surface area contributed by atoms with E-state index in [-0.39, 0.29) is 28.5 Å². The molecule has 15 heavy (non-hydrogen) atoms. The predicted octanol–water partition coefficient (Wildman–Crippen LogP) is 1.21. The van der Waals surface area contributed by atoms with Crippen LogP contribution in [0.15, 0.2) is 0 Å². The van der Waals surface area contributed by atoms with Gasteiger partial charge in [0.25, 0.3) is 0 Å². The number of carbonyl (C=O) groups is 2. The first-order valence-electron chi connectivity index (χ1n) is 5.07. The van der Waals surface area contributed by atoms with Gasteiger partial charge in [-0.3, -0.25) is 9.59 Å². The Kier molecular flexibility index (Phi) is 4.57. The number of alkyl halides is 1. The molecule has 0 heterocycles. The van der Waals surface area contributed by atoms with Gasteiger partial charge in [-0.2, -0.15) is 0 Å². The van der Waals surface area contributed by atoms with Crippen LogP contribution in [0.25, 0.3) is 0 Å². The normalized spacial score (nSPS) is 28.1. The third-order valence-corrected chi connectivity index (χ3v) is 4.19. The lowest BCUT2D eigenvalue weighted by Gasteiger charge is -2.28. The van der Waals surface area contributed by atoms with Gasteiger partial charge in [0.2, 0.25) is 5.91 Å². The maximum atomic E-state index is 11.3. The van der Waals surface area contributed by atoms with E-state index in [9.17, 15) is 9.59 Å². The molecular formula is C10H16BrNO3. The van der Waals surface area contributed by atoms with Gasteiger partial charge in [0, 0.05) is 0 Å². The minimum atomic E-state index is -0.323. The van der Waals surface area contributed by atoms with Crippen molar-refractivity contribution in [1.82, 2.24) is 0 Å². The average Bonchev–Trinajstić information content (AvgIpc) is 2.27. The zero-order valence-electron chi connectivity index (χ0n) is 8.74. The van der Waals surface area contributed by atoms with E-state index >= 15 is 0 Å². The fraction of sp³-hybridized carbons (Fsp3) is 0.800. The van der Waals surface area contributed by atoms with E-state index < -0.39 is 0 Å². The van der Waals surface area contributed by atoms with E-state index in [1.54, 1.807) is 0 Å². The van der Waals surface area contributed by atoms with Crippen LogP contribution in [0.5, 0.6) is 0 Å². The van der Waals surface area contributed by atoms with Crippen molar-refractivity contribution >= 4 is 27.8 Å². The fourth-order valence-electron chi connectivity index (χ4n) is 2.05. The molecule has 1 fully saturated rings. The molecule has 1 rings (SSSR count). The summed E-state index contributed by atoms with van der Waals surface area (Å²) in [6, 6.07) is 0. The Balaban J connectivity index is 2.42. The molecule has 1 unspecified atom stereocenters. The lowest BCUT2D eigenvalue weighted by Crippen LogP contribution is -2.34. The summed E-state index contributed by atoms with van der Waals surface area (Å²) in [6.45, 7) is 0. The van der Waals surface area contributed by atoms with Crippen LogP contribution in [0, 0.1) is 11.8 Å². The molecular weight excluding hydrogens is 262 g/mol. The molecule has 5 heteroatoms. The number of rotatable bonds is 3. The number of amides is 1. The molecule has 0 aliphatic heterocycles. The van der Waals surface area contributed by atoms with Crippen molar-refractivity contribution < 1.29 is 14.3 Å². The number of ether oxygens (including phenoxy) is 1. The highest BCUT2D eigenvalue weighted by Gasteiger charge is 2.32.